The Morgan fingerprint density at radius 3 is 2.70 bits per heavy atom. The lowest BCUT2D eigenvalue weighted by Crippen LogP contribution is -1.96. The van der Waals surface area contributed by atoms with Crippen molar-refractivity contribution in [2.24, 2.45) is 0 Å². The van der Waals surface area contributed by atoms with E-state index in [4.69, 9.17) is 4.74 Å². The van der Waals surface area contributed by atoms with Gasteiger partial charge in [-0.3, -0.25) is 14.9 Å². The average molecular weight is 402 g/mol. The molecule has 2 aromatic rings. The van der Waals surface area contributed by atoms with Gasteiger partial charge >= 0.3 is 5.69 Å². The minimum atomic E-state index is -0.591. The van der Waals surface area contributed by atoms with Crippen molar-refractivity contribution in [1.82, 2.24) is 4.98 Å². The summed E-state index contributed by atoms with van der Waals surface area (Å²) in [7, 11) is 0. The summed E-state index contributed by atoms with van der Waals surface area (Å²) in [4.78, 5) is 25.0. The second-order valence-corrected chi connectivity index (χ2v) is 5.41. The molecular formula is C12H6Br2N2O4. The minimum Gasteiger partial charge on any atom is -0.434 e. The van der Waals surface area contributed by atoms with Gasteiger partial charge in [0, 0.05) is 26.8 Å². The first-order chi connectivity index (χ1) is 9.51. The fraction of sp³-hybridized carbons (Fsp3) is 0. The fourth-order valence-electron chi connectivity index (χ4n) is 1.41. The van der Waals surface area contributed by atoms with Crippen LogP contribution < -0.4 is 4.74 Å². The zero-order chi connectivity index (χ0) is 14.7. The zero-order valence-electron chi connectivity index (χ0n) is 9.75. The van der Waals surface area contributed by atoms with Crippen molar-refractivity contribution >= 4 is 43.8 Å². The van der Waals surface area contributed by atoms with Crippen LogP contribution in [0.15, 0.2) is 39.4 Å². The number of aromatic nitrogens is 1. The Kier molecular flexibility index (Phi) is 4.46. The van der Waals surface area contributed by atoms with Crippen molar-refractivity contribution in [1.29, 1.82) is 0 Å². The van der Waals surface area contributed by atoms with E-state index < -0.39 is 4.92 Å². The summed E-state index contributed by atoms with van der Waals surface area (Å²) in [6.45, 7) is 0. The van der Waals surface area contributed by atoms with Crippen molar-refractivity contribution in [2.75, 3.05) is 0 Å². The van der Waals surface area contributed by atoms with Crippen LogP contribution in [0.1, 0.15) is 10.4 Å². The van der Waals surface area contributed by atoms with Crippen LogP contribution >= 0.6 is 31.9 Å². The number of carbonyl (C=O) groups excluding carboxylic acids is 1. The van der Waals surface area contributed by atoms with E-state index in [0.29, 0.717) is 20.8 Å². The molecule has 2 rings (SSSR count). The van der Waals surface area contributed by atoms with Gasteiger partial charge in [-0.05, 0) is 34.1 Å². The second kappa shape index (κ2) is 6.10. The molecule has 102 valence electrons. The molecule has 0 radical (unpaired) electrons. The van der Waals surface area contributed by atoms with E-state index in [1.165, 1.54) is 18.3 Å². The molecule has 6 nitrogen and oxygen atoms in total. The van der Waals surface area contributed by atoms with Crippen LogP contribution in [0.4, 0.5) is 5.69 Å². The van der Waals surface area contributed by atoms with Crippen molar-refractivity contribution in [3.8, 4) is 11.6 Å². The molecule has 0 aliphatic rings. The maximum Gasteiger partial charge on any atom is 0.332 e. The van der Waals surface area contributed by atoms with E-state index in [-0.39, 0.29) is 17.3 Å². The number of carbonyl (C=O) groups is 1. The number of nitrogens with zero attached hydrogens (tertiary/aromatic N) is 2. The highest BCUT2D eigenvalue weighted by atomic mass is 79.9. The Morgan fingerprint density at radius 2 is 2.05 bits per heavy atom. The summed E-state index contributed by atoms with van der Waals surface area (Å²) < 4.78 is 6.45. The van der Waals surface area contributed by atoms with Gasteiger partial charge in [0.05, 0.1) is 4.92 Å². The first-order valence-electron chi connectivity index (χ1n) is 5.24. The van der Waals surface area contributed by atoms with E-state index in [1.54, 1.807) is 12.1 Å². The van der Waals surface area contributed by atoms with Crippen molar-refractivity contribution in [2.45, 2.75) is 0 Å². The number of halogens is 2. The SMILES string of the molecule is O=Cc1cc(Oc2ncc(Br)cc2[N+](=O)[O-])ccc1Br. The van der Waals surface area contributed by atoms with E-state index in [9.17, 15) is 14.9 Å². The summed E-state index contributed by atoms with van der Waals surface area (Å²) >= 11 is 6.31. The molecule has 20 heavy (non-hydrogen) atoms. The van der Waals surface area contributed by atoms with Crippen LogP contribution in [0.3, 0.4) is 0 Å². The lowest BCUT2D eigenvalue weighted by atomic mass is 10.2. The highest BCUT2D eigenvalue weighted by Gasteiger charge is 2.18. The number of hydrogen-bond donors (Lipinski definition) is 0. The minimum absolute atomic E-state index is 0.141. The van der Waals surface area contributed by atoms with Crippen LogP contribution in [-0.4, -0.2) is 16.2 Å². The number of rotatable bonds is 4. The maximum atomic E-state index is 10.9. The van der Waals surface area contributed by atoms with Crippen molar-refractivity contribution in [3.05, 3.63) is 55.1 Å². The van der Waals surface area contributed by atoms with Gasteiger partial charge in [0.15, 0.2) is 6.29 Å². The third-order valence-electron chi connectivity index (χ3n) is 2.30. The first-order valence-corrected chi connectivity index (χ1v) is 6.82. The van der Waals surface area contributed by atoms with Crippen LogP contribution in [-0.2, 0) is 0 Å². The lowest BCUT2D eigenvalue weighted by molar-refractivity contribution is -0.386. The Hall–Kier alpha value is -1.80. The molecule has 0 aliphatic heterocycles. The third-order valence-corrected chi connectivity index (χ3v) is 3.46. The predicted molar refractivity (Wildman–Crippen MR) is 78.2 cm³/mol. The topological polar surface area (TPSA) is 82.3 Å². The summed E-state index contributed by atoms with van der Waals surface area (Å²) in [6.07, 6.45) is 2.04. The quantitative estimate of drug-likeness (QED) is 0.437. The van der Waals surface area contributed by atoms with E-state index in [0.717, 1.165) is 0 Å². The van der Waals surface area contributed by atoms with Crippen molar-refractivity contribution in [3.63, 3.8) is 0 Å². The average Bonchev–Trinajstić information content (AvgIpc) is 2.42. The standard InChI is InChI=1S/C12H6Br2N2O4/c13-8-4-11(16(18)19)12(15-5-8)20-9-1-2-10(14)7(3-9)6-17/h1-6H. The monoisotopic (exact) mass is 400 g/mol. The molecule has 1 aromatic heterocycles. The number of benzene rings is 1. The molecule has 1 aromatic carbocycles. The molecule has 0 unspecified atom stereocenters. The van der Waals surface area contributed by atoms with Crippen LogP contribution in [0.25, 0.3) is 0 Å². The molecule has 0 aliphatic carbocycles. The first kappa shape index (κ1) is 14.6. The predicted octanol–water partition coefficient (Wildman–Crippen LogP) is 4.12. The van der Waals surface area contributed by atoms with E-state index >= 15 is 0 Å². The number of nitro groups is 1. The van der Waals surface area contributed by atoms with E-state index in [1.807, 2.05) is 0 Å². The summed E-state index contributed by atoms with van der Waals surface area (Å²) in [6, 6.07) is 5.95. The molecular weight excluding hydrogens is 396 g/mol. The Balaban J connectivity index is 2.39. The van der Waals surface area contributed by atoms with Gasteiger partial charge in [0.1, 0.15) is 5.75 Å². The summed E-state index contributed by atoms with van der Waals surface area (Å²) in [5.41, 5.74) is 0.109. The number of hydrogen-bond acceptors (Lipinski definition) is 5. The van der Waals surface area contributed by atoms with E-state index in [2.05, 4.69) is 36.8 Å². The Morgan fingerprint density at radius 1 is 1.30 bits per heavy atom. The molecule has 8 heteroatoms. The van der Waals surface area contributed by atoms with Gasteiger partial charge in [0.25, 0.3) is 5.88 Å². The number of pyridine rings is 1. The molecule has 0 bridgehead atoms. The van der Waals surface area contributed by atoms with Crippen LogP contribution in [0.2, 0.25) is 0 Å². The molecule has 0 spiro atoms. The third kappa shape index (κ3) is 3.20. The summed E-state index contributed by atoms with van der Waals surface area (Å²) in [5, 5.41) is 10.9. The van der Waals surface area contributed by atoms with Crippen LogP contribution in [0.5, 0.6) is 11.6 Å². The molecule has 0 fully saturated rings. The van der Waals surface area contributed by atoms with Gasteiger partial charge in [0.2, 0.25) is 0 Å². The van der Waals surface area contributed by atoms with Gasteiger partial charge in [-0.25, -0.2) is 4.98 Å². The highest BCUT2D eigenvalue weighted by molar-refractivity contribution is 9.10. The summed E-state index contributed by atoms with van der Waals surface area (Å²) in [5.74, 6) is 0.144. The molecule has 0 N–H and O–H groups in total. The smallest absolute Gasteiger partial charge is 0.332 e. The number of ether oxygens (including phenoxy) is 1. The largest absolute Gasteiger partial charge is 0.434 e. The van der Waals surface area contributed by atoms with Gasteiger partial charge in [-0.2, -0.15) is 0 Å². The van der Waals surface area contributed by atoms with Crippen molar-refractivity contribution < 1.29 is 14.5 Å². The second-order valence-electron chi connectivity index (χ2n) is 3.64. The zero-order valence-corrected chi connectivity index (χ0v) is 12.9. The maximum absolute atomic E-state index is 10.9. The Labute approximate surface area is 130 Å². The molecule has 0 amide bonds. The Bertz CT molecular complexity index is 691. The molecule has 0 saturated carbocycles. The molecule has 1 heterocycles. The lowest BCUT2D eigenvalue weighted by Gasteiger charge is -2.06. The normalized spacial score (nSPS) is 10.1. The highest BCUT2D eigenvalue weighted by Crippen LogP contribution is 2.32. The van der Waals surface area contributed by atoms with Gasteiger partial charge in [-0.15, -0.1) is 0 Å². The van der Waals surface area contributed by atoms with Gasteiger partial charge < -0.3 is 4.74 Å². The molecule has 0 saturated heterocycles. The van der Waals surface area contributed by atoms with Gasteiger partial charge in [-0.1, -0.05) is 15.9 Å². The van der Waals surface area contributed by atoms with Crippen LogP contribution in [0, 0.1) is 10.1 Å². The molecule has 0 atom stereocenters. The fourth-order valence-corrected chi connectivity index (χ4v) is 2.07. The number of aldehydes is 1.